The second kappa shape index (κ2) is 4.02. The van der Waals surface area contributed by atoms with E-state index in [0.29, 0.717) is 0 Å². The Morgan fingerprint density at radius 2 is 2.36 bits per heavy atom. The summed E-state index contributed by atoms with van der Waals surface area (Å²) in [5.74, 6) is 0. The van der Waals surface area contributed by atoms with Crippen molar-refractivity contribution in [2.75, 3.05) is 7.05 Å². The minimum absolute atomic E-state index is 0.795. The van der Waals surface area contributed by atoms with Crippen LogP contribution in [0.2, 0.25) is 0 Å². The molecule has 2 aromatic heterocycles. The highest BCUT2D eigenvalue weighted by Crippen LogP contribution is 2.11. The van der Waals surface area contributed by atoms with Crippen molar-refractivity contribution in [3.05, 3.63) is 42.5 Å². The summed E-state index contributed by atoms with van der Waals surface area (Å²) in [7, 11) is 1.92. The first-order valence-electron chi connectivity index (χ1n) is 4.49. The molecule has 0 saturated heterocycles. The van der Waals surface area contributed by atoms with E-state index in [-0.39, 0.29) is 0 Å². The number of pyridine rings is 1. The molecule has 0 saturated carbocycles. The van der Waals surface area contributed by atoms with Crippen molar-refractivity contribution in [2.24, 2.45) is 0 Å². The molecule has 1 N–H and O–H groups in total. The van der Waals surface area contributed by atoms with Crippen LogP contribution >= 0.6 is 0 Å². The summed E-state index contributed by atoms with van der Waals surface area (Å²) >= 11 is 0. The number of nitrogens with one attached hydrogen (secondary N) is 1. The Bertz CT molecular complexity index is 394. The van der Waals surface area contributed by atoms with Crippen molar-refractivity contribution in [2.45, 2.75) is 6.54 Å². The molecule has 0 aromatic carbocycles. The molecule has 0 aliphatic heterocycles. The van der Waals surface area contributed by atoms with Crippen LogP contribution in [0.1, 0.15) is 5.56 Å². The summed E-state index contributed by atoms with van der Waals surface area (Å²) in [6.45, 7) is 0.795. The second-order valence-electron chi connectivity index (χ2n) is 2.99. The molecule has 2 aromatic rings. The van der Waals surface area contributed by atoms with Crippen LogP contribution in [0, 0.1) is 0 Å². The van der Waals surface area contributed by atoms with E-state index in [1.54, 1.807) is 12.4 Å². The minimum Gasteiger partial charge on any atom is -0.316 e. The molecule has 14 heavy (non-hydrogen) atoms. The molecular formula is C10H12N4. The largest absolute Gasteiger partial charge is 0.316 e. The maximum absolute atomic E-state index is 4.19. The maximum Gasteiger partial charge on any atom is 0.0721 e. The van der Waals surface area contributed by atoms with Gasteiger partial charge in [0, 0.05) is 36.9 Å². The Morgan fingerprint density at radius 1 is 1.43 bits per heavy atom. The molecule has 0 unspecified atom stereocenters. The van der Waals surface area contributed by atoms with Crippen molar-refractivity contribution >= 4 is 0 Å². The van der Waals surface area contributed by atoms with Gasteiger partial charge in [0.25, 0.3) is 0 Å². The zero-order valence-corrected chi connectivity index (χ0v) is 8.01. The molecule has 0 aliphatic rings. The third-order valence-electron chi connectivity index (χ3n) is 2.00. The standard InChI is InChI=1S/C10H12N4/c1-11-7-9-8-12-5-3-10(9)14-6-2-4-13-14/h2-6,8,11H,7H2,1H3. The summed E-state index contributed by atoms with van der Waals surface area (Å²) in [6.07, 6.45) is 7.32. The molecule has 0 aliphatic carbocycles. The average Bonchev–Trinajstić information content (AvgIpc) is 2.72. The number of nitrogens with zero attached hydrogens (tertiary/aromatic N) is 3. The fraction of sp³-hybridized carbons (Fsp3) is 0.200. The van der Waals surface area contributed by atoms with Gasteiger partial charge in [0.15, 0.2) is 0 Å². The van der Waals surface area contributed by atoms with Gasteiger partial charge < -0.3 is 5.32 Å². The number of hydrogen-bond donors (Lipinski definition) is 1. The normalized spacial score (nSPS) is 10.4. The molecule has 0 atom stereocenters. The van der Waals surface area contributed by atoms with Crippen LogP contribution in [0.25, 0.3) is 5.69 Å². The lowest BCUT2D eigenvalue weighted by Crippen LogP contribution is -2.09. The van der Waals surface area contributed by atoms with E-state index in [9.17, 15) is 0 Å². The van der Waals surface area contributed by atoms with Crippen LogP contribution in [-0.2, 0) is 6.54 Å². The highest BCUT2D eigenvalue weighted by Gasteiger charge is 2.02. The van der Waals surface area contributed by atoms with Gasteiger partial charge in [-0.15, -0.1) is 0 Å². The van der Waals surface area contributed by atoms with E-state index in [0.717, 1.165) is 17.8 Å². The first-order chi connectivity index (χ1) is 6.92. The SMILES string of the molecule is CNCc1cnccc1-n1cccn1. The van der Waals surface area contributed by atoms with E-state index >= 15 is 0 Å². The second-order valence-corrected chi connectivity index (χ2v) is 2.99. The highest BCUT2D eigenvalue weighted by molar-refractivity contribution is 5.37. The predicted octanol–water partition coefficient (Wildman–Crippen LogP) is 0.987. The lowest BCUT2D eigenvalue weighted by atomic mass is 10.2. The Balaban J connectivity index is 2.42. The lowest BCUT2D eigenvalue weighted by molar-refractivity contribution is 0.783. The summed E-state index contributed by atoms with van der Waals surface area (Å²) in [5, 5.41) is 7.30. The number of aromatic nitrogens is 3. The Morgan fingerprint density at radius 3 is 3.07 bits per heavy atom. The third-order valence-corrected chi connectivity index (χ3v) is 2.00. The predicted molar refractivity (Wildman–Crippen MR) is 54.1 cm³/mol. The third kappa shape index (κ3) is 1.65. The maximum atomic E-state index is 4.19. The first-order valence-corrected chi connectivity index (χ1v) is 4.49. The molecule has 4 nitrogen and oxygen atoms in total. The smallest absolute Gasteiger partial charge is 0.0721 e. The van der Waals surface area contributed by atoms with E-state index in [4.69, 9.17) is 0 Å². The van der Waals surface area contributed by atoms with E-state index in [1.807, 2.05) is 36.3 Å². The first kappa shape index (κ1) is 8.90. The highest BCUT2D eigenvalue weighted by atomic mass is 15.3. The molecule has 2 heterocycles. The lowest BCUT2D eigenvalue weighted by Gasteiger charge is -2.07. The summed E-state index contributed by atoms with van der Waals surface area (Å²) in [5.41, 5.74) is 2.21. The van der Waals surface area contributed by atoms with Crippen LogP contribution in [0.4, 0.5) is 0 Å². The van der Waals surface area contributed by atoms with E-state index < -0.39 is 0 Å². The van der Waals surface area contributed by atoms with Crippen molar-refractivity contribution in [1.82, 2.24) is 20.1 Å². The molecule has 0 fully saturated rings. The molecule has 72 valence electrons. The Kier molecular flexibility index (Phi) is 2.55. The molecule has 0 radical (unpaired) electrons. The van der Waals surface area contributed by atoms with Gasteiger partial charge in [-0.05, 0) is 19.2 Å². The molecule has 2 rings (SSSR count). The minimum atomic E-state index is 0.795. The van der Waals surface area contributed by atoms with Crippen LogP contribution in [-0.4, -0.2) is 21.8 Å². The van der Waals surface area contributed by atoms with Gasteiger partial charge in [-0.1, -0.05) is 0 Å². The van der Waals surface area contributed by atoms with Gasteiger partial charge in [0.2, 0.25) is 0 Å². The molecular weight excluding hydrogens is 176 g/mol. The summed E-state index contributed by atoms with van der Waals surface area (Å²) in [6, 6.07) is 3.86. The monoisotopic (exact) mass is 188 g/mol. The van der Waals surface area contributed by atoms with Gasteiger partial charge >= 0.3 is 0 Å². The van der Waals surface area contributed by atoms with E-state index in [1.165, 1.54) is 0 Å². The molecule has 4 heteroatoms. The van der Waals surface area contributed by atoms with Crippen LogP contribution < -0.4 is 5.32 Å². The van der Waals surface area contributed by atoms with Crippen molar-refractivity contribution < 1.29 is 0 Å². The molecule has 0 amide bonds. The van der Waals surface area contributed by atoms with Gasteiger partial charge in [-0.25, -0.2) is 4.68 Å². The summed E-state index contributed by atoms with van der Waals surface area (Å²) < 4.78 is 1.84. The van der Waals surface area contributed by atoms with Gasteiger partial charge in [-0.2, -0.15) is 5.10 Å². The number of rotatable bonds is 3. The summed E-state index contributed by atoms with van der Waals surface area (Å²) in [4.78, 5) is 4.09. The zero-order chi connectivity index (χ0) is 9.80. The van der Waals surface area contributed by atoms with Gasteiger partial charge in [0.1, 0.15) is 0 Å². The van der Waals surface area contributed by atoms with Crippen LogP contribution in [0.5, 0.6) is 0 Å². The van der Waals surface area contributed by atoms with Gasteiger partial charge in [0.05, 0.1) is 5.69 Å². The molecule has 0 bridgehead atoms. The fourth-order valence-electron chi connectivity index (χ4n) is 1.38. The van der Waals surface area contributed by atoms with Crippen LogP contribution in [0.15, 0.2) is 36.9 Å². The fourth-order valence-corrected chi connectivity index (χ4v) is 1.38. The average molecular weight is 188 g/mol. The Labute approximate surface area is 82.6 Å². The van der Waals surface area contributed by atoms with Crippen molar-refractivity contribution in [1.29, 1.82) is 0 Å². The van der Waals surface area contributed by atoms with Gasteiger partial charge in [-0.3, -0.25) is 4.98 Å². The number of hydrogen-bond acceptors (Lipinski definition) is 3. The van der Waals surface area contributed by atoms with Crippen molar-refractivity contribution in [3.63, 3.8) is 0 Å². The quantitative estimate of drug-likeness (QED) is 0.781. The van der Waals surface area contributed by atoms with E-state index in [2.05, 4.69) is 15.4 Å². The van der Waals surface area contributed by atoms with Crippen molar-refractivity contribution in [3.8, 4) is 5.69 Å². The Hall–Kier alpha value is -1.68. The van der Waals surface area contributed by atoms with Crippen LogP contribution in [0.3, 0.4) is 0 Å². The topological polar surface area (TPSA) is 42.7 Å². The zero-order valence-electron chi connectivity index (χ0n) is 8.01. The molecule has 0 spiro atoms.